The zero-order valence-electron chi connectivity index (χ0n) is 24.7. The van der Waals surface area contributed by atoms with Gasteiger partial charge in [-0.15, -0.1) is 0 Å². The van der Waals surface area contributed by atoms with Crippen LogP contribution in [-0.2, 0) is 19.1 Å². The Bertz CT molecular complexity index is 1250. The van der Waals surface area contributed by atoms with Crippen molar-refractivity contribution in [3.8, 4) is 0 Å². The predicted molar refractivity (Wildman–Crippen MR) is 146 cm³/mol. The van der Waals surface area contributed by atoms with E-state index in [4.69, 9.17) is 11.3 Å². The summed E-state index contributed by atoms with van der Waals surface area (Å²) >= 11 is 0. The third kappa shape index (κ3) is 3.01. The molecule has 5 rings (SSSR count). The van der Waals surface area contributed by atoms with Crippen LogP contribution in [0.25, 0.3) is 4.85 Å². The molecule has 0 heterocycles. The Kier molecular flexibility index (Phi) is 5.70. The summed E-state index contributed by atoms with van der Waals surface area (Å²) in [6.45, 7) is 25.0. The number of hydrogen-bond donors (Lipinski definition) is 0. The molecule has 0 amide bonds. The number of carbonyl (C=O) groups is 3. The third-order valence-corrected chi connectivity index (χ3v) is 12.4. The molecule has 5 heteroatoms. The molecule has 3 saturated carbocycles. The van der Waals surface area contributed by atoms with Gasteiger partial charge in [0.1, 0.15) is 0 Å². The molecule has 0 aromatic rings. The summed E-state index contributed by atoms with van der Waals surface area (Å²) in [6, 6.07) is 0. The zero-order valence-corrected chi connectivity index (χ0v) is 24.7. The molecule has 38 heavy (non-hydrogen) atoms. The van der Waals surface area contributed by atoms with E-state index < -0.39 is 21.7 Å². The predicted octanol–water partition coefficient (Wildman–Crippen LogP) is 7.04. The Morgan fingerprint density at radius 1 is 0.974 bits per heavy atom. The van der Waals surface area contributed by atoms with Crippen LogP contribution in [0.3, 0.4) is 0 Å². The number of esters is 1. The first kappa shape index (κ1) is 27.4. The molecule has 0 aromatic carbocycles. The summed E-state index contributed by atoms with van der Waals surface area (Å²) < 4.78 is 5.39. The lowest BCUT2D eigenvalue weighted by Crippen LogP contribution is -2.65. The molecule has 3 fully saturated rings. The van der Waals surface area contributed by atoms with Crippen LogP contribution in [0.2, 0.25) is 0 Å². The number of hydrogen-bond acceptors (Lipinski definition) is 4. The standard InChI is InChI=1S/C33H43NO4/c1-19-25(34-9)26(36)29(4,5)22-11-12-30(6)23(32(19,22)8)17-21(35)24-20-18-28(2,3)13-15-33(20,27(37)38-10)16-14-31(24,30)7/h17,22H,11-16,18H2,1-8,10H3/t22-,30+,31+,32-,33-/m0/s1. The molecular weight excluding hydrogens is 474 g/mol. The lowest BCUT2D eigenvalue weighted by atomic mass is 9.33. The summed E-state index contributed by atoms with van der Waals surface area (Å²) in [5, 5.41) is 0. The summed E-state index contributed by atoms with van der Waals surface area (Å²) in [5.74, 6) is 1.61. The highest BCUT2D eigenvalue weighted by molar-refractivity contribution is 6.09. The summed E-state index contributed by atoms with van der Waals surface area (Å²) in [4.78, 5) is 45.0. The normalized spacial score (nSPS) is 42.2. The van der Waals surface area contributed by atoms with Gasteiger partial charge in [-0.25, -0.2) is 4.85 Å². The van der Waals surface area contributed by atoms with Crippen molar-refractivity contribution >= 4 is 17.5 Å². The molecule has 5 nitrogen and oxygen atoms in total. The van der Waals surface area contributed by atoms with Gasteiger partial charge in [0.15, 0.2) is 11.6 Å². The SMILES string of the molecule is [C-]#[N+]C1=C(C)[C@]2(C)C3=CC(=O)[C]4[C]5CC(C)(C)CC[C@]5(C(=O)OC)CC[C@@]4(C)[C@]3(C)CC[C@H]2C(C)(C)C1=O. The Labute approximate surface area is 228 Å². The highest BCUT2D eigenvalue weighted by Gasteiger charge is 2.72. The average molecular weight is 518 g/mol. The second-order valence-electron chi connectivity index (χ2n) is 14.8. The fourth-order valence-corrected chi connectivity index (χ4v) is 9.72. The van der Waals surface area contributed by atoms with Crippen molar-refractivity contribution in [1.29, 1.82) is 0 Å². The zero-order chi connectivity index (χ0) is 28.3. The fourth-order valence-electron chi connectivity index (χ4n) is 9.72. The minimum atomic E-state index is -0.718. The molecule has 0 spiro atoms. The van der Waals surface area contributed by atoms with E-state index in [2.05, 4.69) is 39.5 Å². The van der Waals surface area contributed by atoms with Crippen LogP contribution in [0.4, 0.5) is 0 Å². The van der Waals surface area contributed by atoms with Crippen LogP contribution >= 0.6 is 0 Å². The molecule has 0 unspecified atom stereocenters. The average Bonchev–Trinajstić information content (AvgIpc) is 2.84. The van der Waals surface area contributed by atoms with Crippen LogP contribution in [0.15, 0.2) is 22.9 Å². The fraction of sp³-hybridized carbons (Fsp3) is 0.697. The number of fused-ring (bicyclic) bond motifs is 7. The van der Waals surface area contributed by atoms with Crippen LogP contribution in [0.5, 0.6) is 0 Å². The number of ether oxygens (including phenoxy) is 1. The quantitative estimate of drug-likeness (QED) is 0.276. The first-order valence-corrected chi connectivity index (χ1v) is 14.2. The van der Waals surface area contributed by atoms with Gasteiger partial charge in [0.05, 0.1) is 25.0 Å². The second-order valence-corrected chi connectivity index (χ2v) is 14.8. The van der Waals surface area contributed by atoms with Crippen molar-refractivity contribution in [2.24, 2.45) is 38.4 Å². The van der Waals surface area contributed by atoms with Crippen molar-refractivity contribution in [2.45, 2.75) is 100 Å². The lowest BCUT2D eigenvalue weighted by molar-refractivity contribution is -0.159. The van der Waals surface area contributed by atoms with Crippen LogP contribution in [-0.4, -0.2) is 24.6 Å². The smallest absolute Gasteiger partial charge is 0.312 e. The molecule has 2 radical (unpaired) electrons. The molecule has 0 aromatic heterocycles. The number of ketones is 2. The molecule has 0 N–H and O–H groups in total. The van der Waals surface area contributed by atoms with Gasteiger partial charge in [0.2, 0.25) is 5.70 Å². The largest absolute Gasteiger partial charge is 0.469 e. The highest BCUT2D eigenvalue weighted by atomic mass is 16.5. The molecule has 204 valence electrons. The van der Waals surface area contributed by atoms with Crippen molar-refractivity contribution in [2.75, 3.05) is 7.11 Å². The number of carbonyl (C=O) groups excluding carboxylic acids is 3. The number of nitrogens with zero attached hydrogens (tertiary/aromatic N) is 1. The molecule has 5 aliphatic carbocycles. The van der Waals surface area contributed by atoms with Crippen LogP contribution < -0.4 is 0 Å². The number of Topliss-reactive ketones (excluding diaryl/α,β-unsaturated/α-hetero) is 1. The molecular formula is C33H43NO4. The molecule has 0 saturated heterocycles. The summed E-state index contributed by atoms with van der Waals surface area (Å²) in [6.07, 6.45) is 7.37. The molecule has 0 bridgehead atoms. The number of allylic oxidation sites excluding steroid dienone is 4. The van der Waals surface area contributed by atoms with Gasteiger partial charge in [-0.2, -0.15) is 0 Å². The van der Waals surface area contributed by atoms with Crippen LogP contribution in [0.1, 0.15) is 100 Å². The Hall–Kier alpha value is -2.22. The Morgan fingerprint density at radius 3 is 2.21 bits per heavy atom. The van der Waals surface area contributed by atoms with Gasteiger partial charge < -0.3 is 9.53 Å². The van der Waals surface area contributed by atoms with Crippen LogP contribution in [0, 0.1) is 56.8 Å². The van der Waals surface area contributed by atoms with E-state index in [1.54, 1.807) is 0 Å². The van der Waals surface area contributed by atoms with E-state index in [9.17, 15) is 14.4 Å². The van der Waals surface area contributed by atoms with Crippen molar-refractivity contribution in [1.82, 2.24) is 0 Å². The second kappa shape index (κ2) is 7.92. The Morgan fingerprint density at radius 2 is 1.61 bits per heavy atom. The van der Waals surface area contributed by atoms with Crippen molar-refractivity contribution in [3.63, 3.8) is 0 Å². The maximum Gasteiger partial charge on any atom is 0.312 e. The van der Waals surface area contributed by atoms with E-state index in [-0.39, 0.29) is 40.0 Å². The number of rotatable bonds is 1. The van der Waals surface area contributed by atoms with Gasteiger partial charge in [-0.3, -0.25) is 9.59 Å². The third-order valence-electron chi connectivity index (χ3n) is 12.4. The molecule has 0 aliphatic heterocycles. The van der Waals surface area contributed by atoms with Crippen molar-refractivity contribution in [3.05, 3.63) is 46.2 Å². The Balaban J connectivity index is 1.73. The minimum absolute atomic E-state index is 0.00450. The molecule has 5 atom stereocenters. The van der Waals surface area contributed by atoms with Gasteiger partial charge >= 0.3 is 5.97 Å². The van der Waals surface area contributed by atoms with Gasteiger partial charge in [0.25, 0.3) is 0 Å². The van der Waals surface area contributed by atoms with E-state index in [0.717, 1.165) is 55.1 Å². The van der Waals surface area contributed by atoms with E-state index in [0.29, 0.717) is 12.8 Å². The van der Waals surface area contributed by atoms with Gasteiger partial charge in [-0.1, -0.05) is 66.5 Å². The maximum atomic E-state index is 14.4. The van der Waals surface area contributed by atoms with Crippen molar-refractivity contribution < 1.29 is 19.1 Å². The molecule has 5 aliphatic rings. The van der Waals surface area contributed by atoms with E-state index in [1.807, 2.05) is 26.8 Å². The summed E-state index contributed by atoms with van der Waals surface area (Å²) in [5.41, 5.74) is -0.587. The topological polar surface area (TPSA) is 64.8 Å². The monoisotopic (exact) mass is 517 g/mol. The van der Waals surface area contributed by atoms with E-state index in [1.165, 1.54) is 7.11 Å². The van der Waals surface area contributed by atoms with E-state index >= 15 is 0 Å². The van der Waals surface area contributed by atoms with Gasteiger partial charge in [0, 0.05) is 16.7 Å². The first-order valence-electron chi connectivity index (χ1n) is 14.2. The number of methoxy groups -OCH3 is 1. The lowest BCUT2D eigenvalue weighted by Gasteiger charge is -2.69. The van der Waals surface area contributed by atoms with Gasteiger partial charge in [-0.05, 0) is 73.2 Å². The summed E-state index contributed by atoms with van der Waals surface area (Å²) in [7, 11) is 1.47. The minimum Gasteiger partial charge on any atom is -0.469 e. The maximum absolute atomic E-state index is 14.4. The first-order chi connectivity index (χ1) is 17.5. The highest BCUT2D eigenvalue weighted by Crippen LogP contribution is 2.76.